The van der Waals surface area contributed by atoms with Gasteiger partial charge >= 0.3 is 64.3 Å². The number of carbonyl (C=O) groups excluding carboxylic acids is 4. The minimum absolute atomic E-state index is 0. The van der Waals surface area contributed by atoms with Gasteiger partial charge in [-0.15, -0.1) is 6.54 Å². The predicted molar refractivity (Wildman–Crippen MR) is 110 cm³/mol. The number of hydrogen-bond acceptors (Lipinski definition) is 6. The Morgan fingerprint density at radius 3 is 2.26 bits per heavy atom. The fraction of sp³-hybridized carbons (Fsp3) is 0.500. The van der Waals surface area contributed by atoms with Gasteiger partial charge in [0.2, 0.25) is 11.8 Å². The van der Waals surface area contributed by atoms with Crippen molar-refractivity contribution in [1.29, 1.82) is 0 Å². The van der Waals surface area contributed by atoms with E-state index in [0.29, 0.717) is 13.0 Å². The molecule has 0 aromatic heterocycles. The van der Waals surface area contributed by atoms with Crippen LogP contribution in [0, 0.1) is 0 Å². The average molecular weight is 507 g/mol. The minimum Gasteiger partial charge on any atom is -0.648 e. The van der Waals surface area contributed by atoms with Crippen molar-refractivity contribution in [3.05, 3.63) is 40.7 Å². The van der Waals surface area contributed by atoms with E-state index in [1.165, 1.54) is 7.05 Å². The smallest absolute Gasteiger partial charge is 0.648 e. The van der Waals surface area contributed by atoms with Gasteiger partial charge in [-0.1, -0.05) is 29.8 Å². The Hall–Kier alpha value is -1.33. The molecule has 1 aromatic rings. The molecule has 0 aliphatic heterocycles. The molecule has 11 heteroatoms. The van der Waals surface area contributed by atoms with E-state index in [0.717, 1.165) is 11.1 Å². The molecule has 0 unspecified atom stereocenters. The van der Waals surface area contributed by atoms with Gasteiger partial charge < -0.3 is 35.5 Å². The third-order valence-electron chi connectivity index (χ3n) is 3.87. The van der Waals surface area contributed by atoms with Crippen molar-refractivity contribution in [1.82, 2.24) is 16.0 Å². The Labute approximate surface area is 231 Å². The van der Waals surface area contributed by atoms with Crippen LogP contribution >= 0.6 is 0 Å². The van der Waals surface area contributed by atoms with Gasteiger partial charge in [-0.05, 0) is 5.56 Å². The zero-order chi connectivity index (χ0) is 22.2. The fourth-order valence-corrected chi connectivity index (χ4v) is 2.23. The van der Waals surface area contributed by atoms with E-state index in [-0.39, 0.29) is 115 Å². The largest absolute Gasteiger partial charge is 1.00 e. The Kier molecular flexibility index (Phi) is 17.5. The number of rotatable bonds is 13. The molecule has 31 heavy (non-hydrogen) atoms. The van der Waals surface area contributed by atoms with Crippen molar-refractivity contribution >= 4 is 23.8 Å². The third kappa shape index (κ3) is 15.2. The second-order valence-electron chi connectivity index (χ2n) is 6.27. The quantitative estimate of drug-likeness (QED) is 0.256. The molecular weight excluding hydrogens is 478 g/mol. The average Bonchev–Trinajstić information content (AvgIpc) is 2.75. The molecule has 10 nitrogen and oxygen atoms in total. The number of alkyl carbamates (subject to hydrolysis) is 1. The van der Waals surface area contributed by atoms with Crippen LogP contribution in [0.2, 0.25) is 0 Å². The Morgan fingerprint density at radius 2 is 1.61 bits per heavy atom. The van der Waals surface area contributed by atoms with E-state index in [9.17, 15) is 19.2 Å². The first-order chi connectivity index (χ1) is 14.4. The number of nitrogens with one attached hydrogen (secondary N) is 3. The zero-order valence-electron chi connectivity index (χ0n) is 18.4. The molecule has 0 atom stereocenters. The van der Waals surface area contributed by atoms with Crippen molar-refractivity contribution in [2.75, 3.05) is 40.5 Å². The molecule has 0 saturated carbocycles. The summed E-state index contributed by atoms with van der Waals surface area (Å²) in [7, 11) is 3.02. The van der Waals surface area contributed by atoms with Gasteiger partial charge in [0.15, 0.2) is 0 Å². The predicted octanol–water partition coefficient (Wildman–Crippen LogP) is -2.35. The number of ether oxygens (including phenoxy) is 2. The third-order valence-corrected chi connectivity index (χ3v) is 3.87. The van der Waals surface area contributed by atoms with Gasteiger partial charge in [-0.2, -0.15) is 0 Å². The van der Waals surface area contributed by atoms with E-state index in [1.54, 1.807) is 31.3 Å². The standard InChI is InChI=1S/C20H30N4O6.Rb/c1-21-17(25)8-9-23-18(26)12-15-4-6-16(7-5-15)13-24-19(27)14-29-10-3-11-30-20(28)22-2;/h4-7H,3,8-14H2,1-2H3,(H4,21,22,23,24,25,26,27,28);/q;+1/p-1. The van der Waals surface area contributed by atoms with Crippen molar-refractivity contribution in [2.24, 2.45) is 0 Å². The monoisotopic (exact) mass is 506 g/mol. The molecule has 0 heterocycles. The fourth-order valence-electron chi connectivity index (χ4n) is 2.23. The summed E-state index contributed by atoms with van der Waals surface area (Å²) < 4.78 is 9.98. The molecule has 0 spiro atoms. The first-order valence-electron chi connectivity index (χ1n) is 9.62. The van der Waals surface area contributed by atoms with Crippen LogP contribution in [0.4, 0.5) is 4.79 Å². The van der Waals surface area contributed by atoms with E-state index < -0.39 is 6.09 Å². The zero-order valence-corrected chi connectivity index (χ0v) is 23.3. The van der Waals surface area contributed by atoms with Crippen LogP contribution in [0.5, 0.6) is 0 Å². The van der Waals surface area contributed by atoms with Gasteiger partial charge in [0.1, 0.15) is 0 Å². The SMILES string of the molecule is CNC(=O)CCNC(=O)Cc1ccc(C[N-]C(=O)COCCCOC(=O)NC)cc1.[Rb+]. The minimum atomic E-state index is -0.506. The van der Waals surface area contributed by atoms with E-state index in [4.69, 9.17) is 9.47 Å². The summed E-state index contributed by atoms with van der Waals surface area (Å²) in [4.78, 5) is 45.5. The van der Waals surface area contributed by atoms with Crippen molar-refractivity contribution in [3.63, 3.8) is 0 Å². The first-order valence-corrected chi connectivity index (χ1v) is 9.62. The second-order valence-corrected chi connectivity index (χ2v) is 6.27. The van der Waals surface area contributed by atoms with Crippen LogP contribution in [-0.4, -0.2) is 64.3 Å². The maximum Gasteiger partial charge on any atom is 1.00 e. The topological polar surface area (TPSA) is 137 Å². The summed E-state index contributed by atoms with van der Waals surface area (Å²) in [5.74, 6) is -0.662. The molecule has 0 saturated heterocycles. The van der Waals surface area contributed by atoms with Crippen LogP contribution in [0.3, 0.4) is 0 Å². The van der Waals surface area contributed by atoms with Crippen molar-refractivity contribution < 1.29 is 86.8 Å². The van der Waals surface area contributed by atoms with Gasteiger partial charge in [0.05, 0.1) is 32.1 Å². The summed E-state index contributed by atoms with van der Waals surface area (Å²) in [6, 6.07) is 7.22. The molecule has 0 radical (unpaired) electrons. The molecule has 1 aromatic carbocycles. The Balaban J connectivity index is 0.00000900. The van der Waals surface area contributed by atoms with Crippen LogP contribution in [0.15, 0.2) is 24.3 Å². The van der Waals surface area contributed by atoms with E-state index in [1.807, 2.05) is 0 Å². The van der Waals surface area contributed by atoms with Gasteiger partial charge in [-0.3, -0.25) is 9.59 Å². The summed E-state index contributed by atoms with van der Waals surface area (Å²) in [6.45, 7) is 0.886. The van der Waals surface area contributed by atoms with Gasteiger partial charge in [-0.25, -0.2) is 4.79 Å². The van der Waals surface area contributed by atoms with Crippen molar-refractivity contribution in [2.45, 2.75) is 25.8 Å². The molecule has 0 fully saturated rings. The number of carbonyl (C=O) groups is 4. The second kappa shape index (κ2) is 18.3. The van der Waals surface area contributed by atoms with Gasteiger partial charge in [0.25, 0.3) is 0 Å². The van der Waals surface area contributed by atoms with Crippen LogP contribution in [0.1, 0.15) is 24.0 Å². The number of nitrogens with zero attached hydrogens (tertiary/aromatic N) is 1. The molecule has 166 valence electrons. The van der Waals surface area contributed by atoms with Gasteiger partial charge in [0, 0.05) is 33.5 Å². The van der Waals surface area contributed by atoms with E-state index in [2.05, 4.69) is 21.3 Å². The molecule has 4 amide bonds. The van der Waals surface area contributed by atoms with Crippen LogP contribution in [-0.2, 0) is 36.8 Å². The molecule has 3 N–H and O–H groups in total. The maximum absolute atomic E-state index is 11.8. The van der Waals surface area contributed by atoms with Crippen molar-refractivity contribution in [3.8, 4) is 0 Å². The molecule has 0 aliphatic carbocycles. The number of benzene rings is 1. The molecule has 0 bridgehead atoms. The summed E-state index contributed by atoms with van der Waals surface area (Å²) in [5.41, 5.74) is 1.66. The van der Waals surface area contributed by atoms with Crippen LogP contribution < -0.4 is 74.1 Å². The maximum atomic E-state index is 11.8. The summed E-state index contributed by atoms with van der Waals surface area (Å²) in [5, 5.41) is 11.4. The Bertz CT molecular complexity index is 699. The Morgan fingerprint density at radius 1 is 0.935 bits per heavy atom. The molecule has 1 rings (SSSR count). The number of hydrogen-bond donors (Lipinski definition) is 3. The van der Waals surface area contributed by atoms with Crippen LogP contribution in [0.25, 0.3) is 5.32 Å². The summed E-state index contributed by atoms with van der Waals surface area (Å²) >= 11 is 0. The molecular formula is C20H29N4O6Rb. The first kappa shape index (κ1) is 29.7. The van der Waals surface area contributed by atoms with E-state index >= 15 is 0 Å². The normalized spacial score (nSPS) is 9.74. The number of amides is 4. The summed E-state index contributed by atoms with van der Waals surface area (Å²) in [6.07, 6.45) is 0.432. The molecule has 0 aliphatic rings.